The van der Waals surface area contributed by atoms with Gasteiger partial charge in [-0.15, -0.1) is 24.9 Å². The SMILES string of the molecule is O=C(COC(=O)[C@@H]1CS[C@]2(c3ccc(F)cc3)CCC(=O)N12)Nc1ccc(OC(F)(F)F)cc1. The molecule has 0 aromatic heterocycles. The Morgan fingerprint density at radius 1 is 1.12 bits per heavy atom. The Morgan fingerprint density at radius 3 is 2.44 bits per heavy atom. The maximum absolute atomic E-state index is 13.4. The van der Waals surface area contributed by atoms with E-state index in [-0.39, 0.29) is 23.8 Å². The second kappa shape index (κ2) is 9.16. The van der Waals surface area contributed by atoms with Crippen molar-refractivity contribution in [1.29, 1.82) is 0 Å². The maximum Gasteiger partial charge on any atom is 0.573 e. The molecule has 0 radical (unpaired) electrons. The van der Waals surface area contributed by atoms with Gasteiger partial charge in [-0.1, -0.05) is 12.1 Å². The first-order chi connectivity index (χ1) is 16.1. The number of benzene rings is 2. The Morgan fingerprint density at radius 2 is 1.79 bits per heavy atom. The Bertz CT molecular complexity index is 1090. The number of thioether (sulfide) groups is 1. The minimum absolute atomic E-state index is 0.178. The zero-order chi connectivity index (χ0) is 24.5. The number of rotatable bonds is 6. The molecule has 2 heterocycles. The molecule has 12 heteroatoms. The van der Waals surface area contributed by atoms with Crippen molar-refractivity contribution in [3.8, 4) is 5.75 Å². The van der Waals surface area contributed by atoms with Crippen molar-refractivity contribution < 1.29 is 41.4 Å². The Balaban J connectivity index is 1.35. The quantitative estimate of drug-likeness (QED) is 0.482. The van der Waals surface area contributed by atoms with Crippen LogP contribution in [0.1, 0.15) is 18.4 Å². The molecule has 2 aliphatic heterocycles. The van der Waals surface area contributed by atoms with Gasteiger partial charge in [-0.05, 0) is 48.4 Å². The largest absolute Gasteiger partial charge is 0.573 e. The summed E-state index contributed by atoms with van der Waals surface area (Å²) in [5, 5.41) is 2.40. The van der Waals surface area contributed by atoms with E-state index in [4.69, 9.17) is 4.74 Å². The van der Waals surface area contributed by atoms with Crippen LogP contribution in [0.25, 0.3) is 0 Å². The van der Waals surface area contributed by atoms with E-state index in [0.29, 0.717) is 12.0 Å². The Labute approximate surface area is 195 Å². The number of carbonyl (C=O) groups excluding carboxylic acids is 3. The maximum atomic E-state index is 13.4. The lowest BCUT2D eigenvalue weighted by Crippen LogP contribution is -2.47. The normalized spacial score (nSPS) is 21.8. The topological polar surface area (TPSA) is 84.9 Å². The van der Waals surface area contributed by atoms with Gasteiger partial charge in [0, 0.05) is 17.9 Å². The first-order valence-corrected chi connectivity index (χ1v) is 11.1. The molecule has 0 spiro atoms. The lowest BCUT2D eigenvalue weighted by atomic mass is 10.0. The zero-order valence-corrected chi connectivity index (χ0v) is 18.2. The van der Waals surface area contributed by atoms with E-state index in [2.05, 4.69) is 10.1 Å². The summed E-state index contributed by atoms with van der Waals surface area (Å²) in [4.78, 5) is 38.1. The number of hydrogen-bond donors (Lipinski definition) is 1. The van der Waals surface area contributed by atoms with Crippen LogP contribution >= 0.6 is 11.8 Å². The molecule has 2 amide bonds. The number of carbonyl (C=O) groups is 3. The molecule has 2 atom stereocenters. The highest BCUT2D eigenvalue weighted by Gasteiger charge is 2.57. The number of esters is 1. The van der Waals surface area contributed by atoms with Gasteiger partial charge < -0.3 is 19.7 Å². The molecule has 1 N–H and O–H groups in total. The molecule has 7 nitrogen and oxygen atoms in total. The van der Waals surface area contributed by atoms with Gasteiger partial charge >= 0.3 is 12.3 Å². The van der Waals surface area contributed by atoms with Crippen molar-refractivity contribution in [3.63, 3.8) is 0 Å². The molecule has 0 unspecified atom stereocenters. The summed E-state index contributed by atoms with van der Waals surface area (Å²) in [6.07, 6.45) is -4.15. The van der Waals surface area contributed by atoms with Crippen molar-refractivity contribution in [2.24, 2.45) is 0 Å². The van der Waals surface area contributed by atoms with Gasteiger partial charge in [0.05, 0.1) is 0 Å². The van der Waals surface area contributed by atoms with Gasteiger partial charge in [0.2, 0.25) is 5.91 Å². The highest BCUT2D eigenvalue weighted by Crippen LogP contribution is 2.54. The van der Waals surface area contributed by atoms with E-state index in [1.54, 1.807) is 12.1 Å². The predicted octanol–water partition coefficient (Wildman–Crippen LogP) is 3.80. The van der Waals surface area contributed by atoms with Crippen molar-refractivity contribution >= 4 is 35.2 Å². The van der Waals surface area contributed by atoms with E-state index >= 15 is 0 Å². The van der Waals surface area contributed by atoms with Crippen molar-refractivity contribution in [1.82, 2.24) is 4.90 Å². The minimum Gasteiger partial charge on any atom is -0.454 e. The van der Waals surface area contributed by atoms with E-state index < -0.39 is 47.3 Å². The van der Waals surface area contributed by atoms with Crippen molar-refractivity contribution in [2.45, 2.75) is 30.1 Å². The Hall–Kier alpha value is -3.28. The van der Waals surface area contributed by atoms with Gasteiger partial charge in [-0.2, -0.15) is 0 Å². The van der Waals surface area contributed by atoms with Gasteiger partial charge in [0.1, 0.15) is 22.5 Å². The molecule has 0 saturated carbocycles. The van der Waals surface area contributed by atoms with E-state index in [0.717, 1.165) is 12.1 Å². The smallest absolute Gasteiger partial charge is 0.454 e. The molecule has 34 heavy (non-hydrogen) atoms. The average Bonchev–Trinajstić information content (AvgIpc) is 3.32. The number of fused-ring (bicyclic) bond motifs is 1. The molecule has 4 rings (SSSR count). The number of nitrogens with one attached hydrogen (secondary N) is 1. The molecule has 2 saturated heterocycles. The zero-order valence-electron chi connectivity index (χ0n) is 17.4. The summed E-state index contributed by atoms with van der Waals surface area (Å²) >= 11 is 1.39. The van der Waals surface area contributed by atoms with Crippen molar-refractivity contribution in [3.05, 3.63) is 59.9 Å². The molecule has 2 aromatic carbocycles. The number of nitrogens with zero attached hydrogens (tertiary/aromatic N) is 1. The lowest BCUT2D eigenvalue weighted by Gasteiger charge is -2.33. The summed E-state index contributed by atoms with van der Waals surface area (Å²) in [5.74, 6) is -2.30. The number of amides is 2. The fraction of sp³-hybridized carbons (Fsp3) is 0.318. The summed E-state index contributed by atoms with van der Waals surface area (Å²) < 4.78 is 58.9. The Kier molecular flexibility index (Phi) is 6.43. The number of ether oxygens (including phenoxy) is 2. The van der Waals surface area contributed by atoms with Crippen molar-refractivity contribution in [2.75, 3.05) is 17.7 Å². The molecular formula is C22H18F4N2O5S. The highest BCUT2D eigenvalue weighted by molar-refractivity contribution is 8.00. The fourth-order valence-electron chi connectivity index (χ4n) is 4.00. The first-order valence-electron chi connectivity index (χ1n) is 10.1. The average molecular weight is 498 g/mol. The third kappa shape index (κ3) is 4.96. The lowest BCUT2D eigenvalue weighted by molar-refractivity contribution is -0.274. The van der Waals surface area contributed by atoms with Crippen LogP contribution in [0.3, 0.4) is 0 Å². The summed E-state index contributed by atoms with van der Waals surface area (Å²) in [6.45, 7) is -0.646. The fourth-order valence-corrected chi connectivity index (χ4v) is 5.63. The number of halogens is 4. The van der Waals surface area contributed by atoms with E-state index in [1.807, 2.05) is 0 Å². The molecule has 2 aliphatic rings. The summed E-state index contributed by atoms with van der Waals surface area (Å²) in [5.41, 5.74) is 0.882. The van der Waals surface area contributed by atoms with Crippen LogP contribution in [-0.2, 0) is 24.0 Å². The molecule has 2 fully saturated rings. The number of hydrogen-bond acceptors (Lipinski definition) is 6. The van der Waals surface area contributed by atoms with Gasteiger partial charge in [0.15, 0.2) is 6.61 Å². The molecular weight excluding hydrogens is 480 g/mol. The predicted molar refractivity (Wildman–Crippen MR) is 113 cm³/mol. The number of anilines is 1. The minimum atomic E-state index is -4.83. The number of alkyl halides is 3. The molecule has 180 valence electrons. The highest BCUT2D eigenvalue weighted by atomic mass is 32.2. The monoisotopic (exact) mass is 498 g/mol. The van der Waals surface area contributed by atoms with E-state index in [1.165, 1.54) is 40.9 Å². The van der Waals surface area contributed by atoms with Gasteiger partial charge in [0.25, 0.3) is 5.91 Å². The van der Waals surface area contributed by atoms with Crippen LogP contribution < -0.4 is 10.1 Å². The second-order valence-corrected chi connectivity index (χ2v) is 8.91. The summed E-state index contributed by atoms with van der Waals surface area (Å²) in [6, 6.07) is 9.31. The van der Waals surface area contributed by atoms with Crippen LogP contribution in [0, 0.1) is 5.82 Å². The molecule has 0 bridgehead atoms. The molecule has 2 aromatic rings. The van der Waals surface area contributed by atoms with Crippen LogP contribution in [0.5, 0.6) is 5.75 Å². The van der Waals surface area contributed by atoms with Gasteiger partial charge in [-0.25, -0.2) is 9.18 Å². The van der Waals surface area contributed by atoms with E-state index in [9.17, 15) is 31.9 Å². The third-order valence-corrected chi connectivity index (χ3v) is 7.01. The van der Waals surface area contributed by atoms with Crippen LogP contribution in [0.15, 0.2) is 48.5 Å². The van der Waals surface area contributed by atoms with Crippen LogP contribution in [0.4, 0.5) is 23.2 Å². The third-order valence-electron chi connectivity index (χ3n) is 5.41. The standard InChI is InChI=1S/C22H18F4N2O5S/c23-14-3-1-13(2-4-14)21-10-9-19(30)28(21)17(12-34-21)20(31)32-11-18(29)27-15-5-7-16(8-6-15)33-22(24,25)26/h1-8,17H,9-12H2,(H,27,29)/t17-,21-/m0/s1. The van der Waals surface area contributed by atoms with Gasteiger partial charge in [-0.3, -0.25) is 9.59 Å². The second-order valence-electron chi connectivity index (χ2n) is 7.61. The van der Waals surface area contributed by atoms with Crippen LogP contribution in [-0.4, -0.2) is 47.4 Å². The summed E-state index contributed by atoms with van der Waals surface area (Å²) in [7, 11) is 0. The van der Waals surface area contributed by atoms with Crippen LogP contribution in [0.2, 0.25) is 0 Å². The molecule has 0 aliphatic carbocycles. The first kappa shape index (κ1) is 23.9.